The second-order valence-corrected chi connectivity index (χ2v) is 6.31. The van der Waals surface area contributed by atoms with Gasteiger partial charge in [-0.3, -0.25) is 0 Å². The van der Waals surface area contributed by atoms with Gasteiger partial charge in [-0.1, -0.05) is 41.6 Å². The summed E-state index contributed by atoms with van der Waals surface area (Å²) >= 11 is 0. The maximum absolute atomic E-state index is 9.50. The molecule has 0 radical (unpaired) electrons. The largest absolute Gasteiger partial charge is 0.438 e. The SMILES string of the molecule is Cc1ccc(/C(=N/O)N2CC2C)c(Oc2cccc3ccccc23)n1. The summed E-state index contributed by atoms with van der Waals surface area (Å²) in [6, 6.07) is 18.1. The molecule has 1 fully saturated rings. The number of pyridine rings is 1. The fraction of sp³-hybridized carbons (Fsp3) is 0.200. The highest BCUT2D eigenvalue weighted by Gasteiger charge is 2.35. The van der Waals surface area contributed by atoms with Gasteiger partial charge < -0.3 is 14.8 Å². The fourth-order valence-corrected chi connectivity index (χ4v) is 2.97. The van der Waals surface area contributed by atoms with E-state index < -0.39 is 0 Å². The Hall–Kier alpha value is -3.08. The van der Waals surface area contributed by atoms with Crippen molar-refractivity contribution in [2.45, 2.75) is 19.9 Å². The van der Waals surface area contributed by atoms with Crippen molar-refractivity contribution >= 4 is 16.6 Å². The Bertz CT molecular complexity index is 963. The minimum absolute atomic E-state index is 0.359. The van der Waals surface area contributed by atoms with Crippen LogP contribution in [0.5, 0.6) is 11.6 Å². The Kier molecular flexibility index (Phi) is 3.76. The molecule has 126 valence electrons. The zero-order valence-corrected chi connectivity index (χ0v) is 14.2. The van der Waals surface area contributed by atoms with Crippen LogP contribution in [-0.2, 0) is 0 Å². The third-order valence-corrected chi connectivity index (χ3v) is 4.42. The number of rotatable bonds is 3. The zero-order valence-electron chi connectivity index (χ0n) is 14.2. The number of nitrogens with zero attached hydrogens (tertiary/aromatic N) is 3. The summed E-state index contributed by atoms with van der Waals surface area (Å²) in [5, 5.41) is 15.1. The van der Waals surface area contributed by atoms with E-state index in [-0.39, 0.29) is 0 Å². The number of benzene rings is 2. The Morgan fingerprint density at radius 2 is 1.92 bits per heavy atom. The normalized spacial score (nSPS) is 17.0. The second kappa shape index (κ2) is 6.09. The molecule has 3 aromatic rings. The summed E-state index contributed by atoms with van der Waals surface area (Å²) in [4.78, 5) is 6.54. The molecule has 1 atom stereocenters. The van der Waals surface area contributed by atoms with Crippen LogP contribution in [-0.4, -0.2) is 33.5 Å². The summed E-state index contributed by atoms with van der Waals surface area (Å²) in [6.45, 7) is 4.86. The molecule has 1 unspecified atom stereocenters. The Balaban J connectivity index is 1.78. The monoisotopic (exact) mass is 333 g/mol. The summed E-state index contributed by atoms with van der Waals surface area (Å²) in [7, 11) is 0. The molecule has 0 saturated carbocycles. The van der Waals surface area contributed by atoms with Gasteiger partial charge in [0.1, 0.15) is 5.75 Å². The van der Waals surface area contributed by atoms with Gasteiger partial charge in [0, 0.05) is 23.7 Å². The lowest BCUT2D eigenvalue weighted by molar-refractivity contribution is 0.313. The number of aryl methyl sites for hydroxylation is 1. The lowest BCUT2D eigenvalue weighted by atomic mass is 10.1. The van der Waals surface area contributed by atoms with Crippen LogP contribution >= 0.6 is 0 Å². The van der Waals surface area contributed by atoms with Gasteiger partial charge in [0.2, 0.25) is 5.88 Å². The van der Waals surface area contributed by atoms with E-state index in [2.05, 4.69) is 17.1 Å². The minimum atomic E-state index is 0.359. The zero-order chi connectivity index (χ0) is 17.4. The molecule has 1 aliphatic rings. The molecule has 1 saturated heterocycles. The number of oxime groups is 1. The van der Waals surface area contributed by atoms with Gasteiger partial charge in [-0.2, -0.15) is 0 Å². The first-order valence-corrected chi connectivity index (χ1v) is 8.29. The van der Waals surface area contributed by atoms with Crippen molar-refractivity contribution in [3.8, 4) is 11.6 Å². The van der Waals surface area contributed by atoms with Crippen LogP contribution in [0.3, 0.4) is 0 Å². The number of hydrogen-bond acceptors (Lipinski definition) is 4. The highest BCUT2D eigenvalue weighted by atomic mass is 16.5. The molecule has 0 amide bonds. The molecule has 4 rings (SSSR count). The Labute approximate surface area is 146 Å². The summed E-state index contributed by atoms with van der Waals surface area (Å²) in [5.74, 6) is 1.67. The highest BCUT2D eigenvalue weighted by Crippen LogP contribution is 2.32. The summed E-state index contributed by atoms with van der Waals surface area (Å²) < 4.78 is 6.17. The van der Waals surface area contributed by atoms with E-state index in [1.54, 1.807) is 0 Å². The Morgan fingerprint density at radius 3 is 2.68 bits per heavy atom. The average Bonchev–Trinajstić information content (AvgIpc) is 3.34. The molecule has 1 N–H and O–H groups in total. The molecule has 2 aromatic carbocycles. The maximum Gasteiger partial charge on any atom is 0.230 e. The summed E-state index contributed by atoms with van der Waals surface area (Å²) in [6.07, 6.45) is 0. The van der Waals surface area contributed by atoms with Crippen LogP contribution in [0.15, 0.2) is 59.8 Å². The van der Waals surface area contributed by atoms with Crippen LogP contribution in [0, 0.1) is 6.92 Å². The first-order chi connectivity index (χ1) is 12.2. The lowest BCUT2D eigenvalue weighted by Gasteiger charge is -2.14. The Morgan fingerprint density at radius 1 is 1.16 bits per heavy atom. The van der Waals surface area contributed by atoms with E-state index in [1.807, 2.05) is 66.4 Å². The predicted octanol–water partition coefficient (Wildman–Crippen LogP) is 4.18. The van der Waals surface area contributed by atoms with E-state index in [1.165, 1.54) is 0 Å². The molecule has 5 nitrogen and oxygen atoms in total. The molecule has 0 aliphatic carbocycles. The van der Waals surface area contributed by atoms with E-state index in [0.29, 0.717) is 23.3 Å². The molecule has 5 heteroatoms. The fourth-order valence-electron chi connectivity index (χ4n) is 2.97. The highest BCUT2D eigenvalue weighted by molar-refractivity contribution is 6.02. The number of ether oxygens (including phenoxy) is 1. The number of amidine groups is 1. The number of hydrogen-bond donors (Lipinski definition) is 1. The topological polar surface area (TPSA) is 57.7 Å². The van der Waals surface area contributed by atoms with E-state index in [4.69, 9.17) is 4.74 Å². The van der Waals surface area contributed by atoms with Crippen molar-refractivity contribution in [3.05, 3.63) is 65.9 Å². The molecule has 0 bridgehead atoms. The van der Waals surface area contributed by atoms with Crippen LogP contribution in [0.4, 0.5) is 0 Å². The average molecular weight is 333 g/mol. The lowest BCUT2D eigenvalue weighted by Crippen LogP contribution is -2.16. The first-order valence-electron chi connectivity index (χ1n) is 8.29. The molecular weight excluding hydrogens is 314 g/mol. The van der Waals surface area contributed by atoms with Gasteiger partial charge in [-0.05, 0) is 37.4 Å². The van der Waals surface area contributed by atoms with Crippen molar-refractivity contribution in [3.63, 3.8) is 0 Å². The van der Waals surface area contributed by atoms with Crippen molar-refractivity contribution in [1.82, 2.24) is 9.88 Å². The van der Waals surface area contributed by atoms with Gasteiger partial charge in [0.25, 0.3) is 0 Å². The van der Waals surface area contributed by atoms with Crippen molar-refractivity contribution in [1.29, 1.82) is 0 Å². The molecule has 1 aromatic heterocycles. The second-order valence-electron chi connectivity index (χ2n) is 6.31. The molecule has 2 heterocycles. The number of aromatic nitrogens is 1. The third-order valence-electron chi connectivity index (χ3n) is 4.42. The molecule has 1 aliphatic heterocycles. The molecular formula is C20H19N3O2. The van der Waals surface area contributed by atoms with Gasteiger partial charge in [0.15, 0.2) is 5.84 Å². The van der Waals surface area contributed by atoms with Crippen LogP contribution < -0.4 is 4.74 Å². The van der Waals surface area contributed by atoms with Crippen molar-refractivity contribution < 1.29 is 9.94 Å². The van der Waals surface area contributed by atoms with Crippen molar-refractivity contribution in [2.24, 2.45) is 5.16 Å². The van der Waals surface area contributed by atoms with Crippen molar-refractivity contribution in [2.75, 3.05) is 6.54 Å². The van der Waals surface area contributed by atoms with Crippen LogP contribution in [0.1, 0.15) is 18.2 Å². The van der Waals surface area contributed by atoms with E-state index >= 15 is 0 Å². The molecule has 0 spiro atoms. The third kappa shape index (κ3) is 2.89. The summed E-state index contributed by atoms with van der Waals surface area (Å²) in [5.41, 5.74) is 1.53. The van der Waals surface area contributed by atoms with Gasteiger partial charge in [0.05, 0.1) is 5.56 Å². The van der Waals surface area contributed by atoms with Gasteiger partial charge >= 0.3 is 0 Å². The standard InChI is InChI=1S/C20H19N3O2/c1-13-10-11-17(19(22-24)23-12-14(23)2)20(21-13)25-18-9-5-7-15-6-3-4-8-16(15)18/h3-11,14,24H,12H2,1-2H3/b22-19-. The van der Waals surface area contributed by atoms with E-state index in [0.717, 1.165) is 28.8 Å². The predicted molar refractivity (Wildman–Crippen MR) is 97.5 cm³/mol. The minimum Gasteiger partial charge on any atom is -0.438 e. The van der Waals surface area contributed by atoms with Crippen LogP contribution in [0.25, 0.3) is 10.8 Å². The molecule has 25 heavy (non-hydrogen) atoms. The smallest absolute Gasteiger partial charge is 0.230 e. The van der Waals surface area contributed by atoms with Crippen LogP contribution in [0.2, 0.25) is 0 Å². The van der Waals surface area contributed by atoms with Gasteiger partial charge in [-0.25, -0.2) is 4.98 Å². The van der Waals surface area contributed by atoms with Gasteiger partial charge in [-0.15, -0.1) is 0 Å². The quantitative estimate of drug-likeness (QED) is 0.257. The van der Waals surface area contributed by atoms with E-state index in [9.17, 15) is 5.21 Å². The number of fused-ring (bicyclic) bond motifs is 1. The first kappa shape index (κ1) is 15.4. The maximum atomic E-state index is 9.50.